The largest absolute Gasteiger partial charge is 0.388 e. The lowest BCUT2D eigenvalue weighted by Crippen LogP contribution is -2.58. The minimum Gasteiger partial charge on any atom is -0.388 e. The number of hydrogen-bond donors (Lipinski definition) is 2. The molecule has 1 aliphatic heterocycles. The summed E-state index contributed by atoms with van der Waals surface area (Å²) in [5, 5.41) is 14.2. The minimum atomic E-state index is -0.510. The molecule has 0 bridgehead atoms. The van der Waals surface area contributed by atoms with Gasteiger partial charge in [0.2, 0.25) is 0 Å². The van der Waals surface area contributed by atoms with E-state index >= 15 is 0 Å². The van der Waals surface area contributed by atoms with Gasteiger partial charge in [-0.1, -0.05) is 19.3 Å². The maximum absolute atomic E-state index is 10.5. The zero-order valence-corrected chi connectivity index (χ0v) is 11.4. The number of aliphatic hydroxyl groups is 1. The molecule has 3 aliphatic rings. The molecule has 2 saturated carbocycles. The third kappa shape index (κ3) is 2.45. The first-order valence-electron chi connectivity index (χ1n) is 7.76. The summed E-state index contributed by atoms with van der Waals surface area (Å²) in [6.07, 6.45) is 11.4. The van der Waals surface area contributed by atoms with E-state index in [1.807, 2.05) is 0 Å². The first-order valence-corrected chi connectivity index (χ1v) is 7.76. The van der Waals surface area contributed by atoms with Gasteiger partial charge in [0, 0.05) is 38.6 Å². The fourth-order valence-electron chi connectivity index (χ4n) is 4.11. The van der Waals surface area contributed by atoms with Crippen LogP contribution in [0.5, 0.6) is 0 Å². The summed E-state index contributed by atoms with van der Waals surface area (Å²) in [7, 11) is 0. The van der Waals surface area contributed by atoms with Gasteiger partial charge in [-0.2, -0.15) is 0 Å². The Hall–Kier alpha value is -0.120. The van der Waals surface area contributed by atoms with Crippen molar-refractivity contribution in [1.82, 2.24) is 5.32 Å². The van der Waals surface area contributed by atoms with Gasteiger partial charge in [0.25, 0.3) is 0 Å². The Balaban J connectivity index is 1.50. The molecule has 3 nitrogen and oxygen atoms in total. The van der Waals surface area contributed by atoms with Crippen LogP contribution in [-0.2, 0) is 4.74 Å². The van der Waals surface area contributed by atoms with Crippen molar-refractivity contribution in [2.24, 2.45) is 5.41 Å². The number of rotatable bonds is 3. The zero-order chi connectivity index (χ0) is 12.5. The summed E-state index contributed by atoms with van der Waals surface area (Å²) in [6.45, 7) is 2.20. The molecule has 104 valence electrons. The molecule has 3 rings (SSSR count). The maximum Gasteiger partial charge on any atom is 0.0815 e. The molecular formula is C15H27NO2. The van der Waals surface area contributed by atoms with Gasteiger partial charge in [0.05, 0.1) is 5.60 Å². The number of nitrogens with one attached hydrogen (secondary N) is 1. The lowest BCUT2D eigenvalue weighted by molar-refractivity contribution is -0.0716. The molecule has 2 aliphatic carbocycles. The van der Waals surface area contributed by atoms with E-state index in [1.54, 1.807) is 0 Å². The highest BCUT2D eigenvalue weighted by atomic mass is 16.5. The maximum atomic E-state index is 10.5. The number of ether oxygens (including phenoxy) is 1. The van der Waals surface area contributed by atoms with Gasteiger partial charge in [-0.3, -0.25) is 0 Å². The van der Waals surface area contributed by atoms with Crippen LogP contribution in [0.1, 0.15) is 57.8 Å². The quantitative estimate of drug-likeness (QED) is 0.810. The van der Waals surface area contributed by atoms with Crippen molar-refractivity contribution in [2.75, 3.05) is 19.8 Å². The Bertz CT molecular complexity index is 280. The van der Waals surface area contributed by atoms with E-state index < -0.39 is 5.60 Å². The average Bonchev–Trinajstić information content (AvgIpc) is 2.39. The first kappa shape index (κ1) is 12.9. The Morgan fingerprint density at radius 1 is 1.00 bits per heavy atom. The molecule has 1 saturated heterocycles. The molecule has 0 radical (unpaired) electrons. The van der Waals surface area contributed by atoms with Crippen LogP contribution in [0.4, 0.5) is 0 Å². The van der Waals surface area contributed by atoms with Crippen molar-refractivity contribution >= 4 is 0 Å². The van der Waals surface area contributed by atoms with Crippen LogP contribution in [0, 0.1) is 5.41 Å². The Kier molecular flexibility index (Phi) is 3.65. The first-order chi connectivity index (χ1) is 8.73. The van der Waals surface area contributed by atoms with Gasteiger partial charge < -0.3 is 15.2 Å². The SMILES string of the molecule is OC1(CNC2CCC23CCCCC3)CCOCC1. The second-order valence-electron chi connectivity index (χ2n) is 6.73. The molecule has 3 heteroatoms. The topological polar surface area (TPSA) is 41.5 Å². The molecule has 18 heavy (non-hydrogen) atoms. The second-order valence-corrected chi connectivity index (χ2v) is 6.73. The lowest BCUT2D eigenvalue weighted by atomic mass is 9.57. The summed E-state index contributed by atoms with van der Waals surface area (Å²) in [5.41, 5.74) is 0.0868. The van der Waals surface area contributed by atoms with E-state index in [4.69, 9.17) is 4.74 Å². The molecule has 0 aromatic rings. The van der Waals surface area contributed by atoms with E-state index in [1.165, 1.54) is 44.9 Å². The summed E-state index contributed by atoms with van der Waals surface area (Å²) >= 11 is 0. The van der Waals surface area contributed by atoms with Crippen molar-refractivity contribution in [1.29, 1.82) is 0 Å². The van der Waals surface area contributed by atoms with Crippen LogP contribution >= 0.6 is 0 Å². The molecule has 3 fully saturated rings. The fourth-order valence-corrected chi connectivity index (χ4v) is 4.11. The van der Waals surface area contributed by atoms with Crippen molar-refractivity contribution < 1.29 is 9.84 Å². The summed E-state index contributed by atoms with van der Waals surface area (Å²) in [5.74, 6) is 0. The Morgan fingerprint density at radius 3 is 2.33 bits per heavy atom. The Morgan fingerprint density at radius 2 is 1.72 bits per heavy atom. The van der Waals surface area contributed by atoms with Crippen LogP contribution in [0.15, 0.2) is 0 Å². The molecular weight excluding hydrogens is 226 g/mol. The molecule has 0 aromatic carbocycles. The van der Waals surface area contributed by atoms with Gasteiger partial charge in [-0.15, -0.1) is 0 Å². The van der Waals surface area contributed by atoms with E-state index in [0.717, 1.165) is 19.4 Å². The predicted octanol–water partition coefficient (Wildman–Crippen LogP) is 2.23. The van der Waals surface area contributed by atoms with Crippen molar-refractivity contribution in [3.63, 3.8) is 0 Å². The normalized spacial score (nSPS) is 34.2. The molecule has 0 amide bonds. The van der Waals surface area contributed by atoms with E-state index in [2.05, 4.69) is 5.32 Å². The lowest BCUT2D eigenvalue weighted by Gasteiger charge is -2.53. The molecule has 2 N–H and O–H groups in total. The smallest absolute Gasteiger partial charge is 0.0815 e. The zero-order valence-electron chi connectivity index (χ0n) is 11.4. The van der Waals surface area contributed by atoms with E-state index in [-0.39, 0.29) is 0 Å². The van der Waals surface area contributed by atoms with Crippen LogP contribution < -0.4 is 5.32 Å². The van der Waals surface area contributed by atoms with Gasteiger partial charge in [-0.05, 0) is 31.1 Å². The van der Waals surface area contributed by atoms with Crippen LogP contribution in [0.25, 0.3) is 0 Å². The fraction of sp³-hybridized carbons (Fsp3) is 1.00. The van der Waals surface area contributed by atoms with Crippen molar-refractivity contribution in [3.05, 3.63) is 0 Å². The molecule has 1 atom stereocenters. The minimum absolute atomic E-state index is 0.510. The third-order valence-electron chi connectivity index (χ3n) is 5.62. The molecule has 1 spiro atoms. The van der Waals surface area contributed by atoms with E-state index in [9.17, 15) is 5.11 Å². The highest BCUT2D eigenvalue weighted by Crippen LogP contribution is 2.51. The molecule has 0 aromatic heterocycles. The predicted molar refractivity (Wildman–Crippen MR) is 71.5 cm³/mol. The third-order valence-corrected chi connectivity index (χ3v) is 5.62. The van der Waals surface area contributed by atoms with Crippen LogP contribution in [0.3, 0.4) is 0 Å². The van der Waals surface area contributed by atoms with Crippen molar-refractivity contribution in [3.8, 4) is 0 Å². The summed E-state index contributed by atoms with van der Waals surface area (Å²) in [4.78, 5) is 0. The van der Waals surface area contributed by atoms with Gasteiger partial charge in [0.1, 0.15) is 0 Å². The van der Waals surface area contributed by atoms with Crippen molar-refractivity contribution in [2.45, 2.75) is 69.4 Å². The molecule has 1 heterocycles. The average molecular weight is 253 g/mol. The highest BCUT2D eigenvalue weighted by molar-refractivity contribution is 5.02. The molecule has 1 unspecified atom stereocenters. The van der Waals surface area contributed by atoms with Gasteiger partial charge in [-0.25, -0.2) is 0 Å². The summed E-state index contributed by atoms with van der Waals surface area (Å²) in [6, 6.07) is 0.671. The summed E-state index contributed by atoms with van der Waals surface area (Å²) < 4.78 is 5.33. The monoisotopic (exact) mass is 253 g/mol. The van der Waals surface area contributed by atoms with Crippen LogP contribution in [0.2, 0.25) is 0 Å². The Labute approximate surface area is 110 Å². The standard InChI is InChI=1S/C15H27NO2/c17-15(8-10-18-11-9-15)12-16-13-4-7-14(13)5-2-1-3-6-14/h13,16-17H,1-12H2. The number of hydrogen-bond acceptors (Lipinski definition) is 3. The second kappa shape index (κ2) is 5.10. The highest BCUT2D eigenvalue weighted by Gasteiger charge is 2.47. The van der Waals surface area contributed by atoms with Gasteiger partial charge >= 0.3 is 0 Å². The van der Waals surface area contributed by atoms with E-state index in [0.29, 0.717) is 24.7 Å². The van der Waals surface area contributed by atoms with Gasteiger partial charge in [0.15, 0.2) is 0 Å². The van der Waals surface area contributed by atoms with Crippen LogP contribution in [-0.4, -0.2) is 36.5 Å².